The van der Waals surface area contributed by atoms with Crippen LogP contribution in [0.3, 0.4) is 0 Å². The van der Waals surface area contributed by atoms with Gasteiger partial charge in [0, 0.05) is 25.9 Å². The number of anilines is 1. The summed E-state index contributed by atoms with van der Waals surface area (Å²) in [6.45, 7) is 6.60. The lowest BCUT2D eigenvalue weighted by molar-refractivity contribution is -0.139. The number of amides is 3. The molecule has 0 aliphatic carbocycles. The number of fused-ring (bicyclic) bond motifs is 1. The third-order valence-corrected chi connectivity index (χ3v) is 10.6. The Morgan fingerprint density at radius 2 is 1.57 bits per heavy atom. The van der Waals surface area contributed by atoms with E-state index in [0.717, 1.165) is 22.9 Å². The van der Waals surface area contributed by atoms with E-state index in [1.165, 1.54) is 4.90 Å². The van der Waals surface area contributed by atoms with E-state index >= 15 is 0 Å². The molecule has 2 aliphatic heterocycles. The number of nitrogens with zero attached hydrogens (tertiary/aromatic N) is 2. The van der Waals surface area contributed by atoms with Crippen molar-refractivity contribution in [2.24, 2.45) is 5.41 Å². The minimum Gasteiger partial charge on any atom is -0.465 e. The summed E-state index contributed by atoms with van der Waals surface area (Å²) < 4.78 is 26.6. The van der Waals surface area contributed by atoms with Crippen molar-refractivity contribution in [1.29, 1.82) is 0 Å². The molecule has 2 heterocycles. The van der Waals surface area contributed by atoms with Crippen LogP contribution in [-0.4, -0.2) is 72.7 Å². The second-order valence-electron chi connectivity index (χ2n) is 14.0. The van der Waals surface area contributed by atoms with Crippen LogP contribution < -0.4 is 10.0 Å². The van der Waals surface area contributed by atoms with Crippen LogP contribution >= 0.6 is 23.2 Å². The van der Waals surface area contributed by atoms with Crippen molar-refractivity contribution < 1.29 is 27.9 Å². The summed E-state index contributed by atoms with van der Waals surface area (Å²) in [4.78, 5) is 44.2. The lowest BCUT2D eigenvalue weighted by Crippen LogP contribution is -2.60. The predicted octanol–water partition coefficient (Wildman–Crippen LogP) is 6.49. The number of halogens is 2. The lowest BCUT2D eigenvalue weighted by Gasteiger charge is -2.46. The van der Waals surface area contributed by atoms with Crippen molar-refractivity contribution in [3.63, 3.8) is 0 Å². The standard InChI is InChI=1S/C36H42Cl2N4O6S/c1-36(2,3)32-26-11-6-5-9-24(26)21-31(42(32)35(45)46)33(43)39-30(20-22-13-14-27(37)28(38)19-22)34(44)41-17-15-23(16-18-41)25-10-7-8-12-29(25)40-49(4,47)48/h5-14,19,23,30-32,40H,15-18,20-21H2,1-4H3,(H,39,43)(H,45,46)/t30-,31+,32?/m1/s1. The molecule has 13 heteroatoms. The Kier molecular flexibility index (Phi) is 10.9. The van der Waals surface area contributed by atoms with E-state index in [4.69, 9.17) is 23.2 Å². The number of para-hydroxylation sites is 1. The number of carbonyl (C=O) groups excluding carboxylic acids is 2. The van der Waals surface area contributed by atoms with Gasteiger partial charge < -0.3 is 15.3 Å². The van der Waals surface area contributed by atoms with Gasteiger partial charge in [-0.25, -0.2) is 13.2 Å². The second-order valence-corrected chi connectivity index (χ2v) is 16.5. The van der Waals surface area contributed by atoms with Gasteiger partial charge in [-0.15, -0.1) is 0 Å². The Hall–Kier alpha value is -3.80. The van der Waals surface area contributed by atoms with E-state index in [1.807, 2.05) is 57.2 Å². The Bertz CT molecular complexity index is 1840. The monoisotopic (exact) mass is 728 g/mol. The van der Waals surface area contributed by atoms with Gasteiger partial charge in [-0.1, -0.05) is 92.5 Å². The van der Waals surface area contributed by atoms with Crippen LogP contribution in [0.4, 0.5) is 10.5 Å². The van der Waals surface area contributed by atoms with Crippen LogP contribution in [0, 0.1) is 5.41 Å². The highest BCUT2D eigenvalue weighted by Crippen LogP contribution is 2.44. The van der Waals surface area contributed by atoms with E-state index < -0.39 is 45.6 Å². The van der Waals surface area contributed by atoms with Crippen molar-refractivity contribution in [1.82, 2.24) is 15.1 Å². The topological polar surface area (TPSA) is 136 Å². The first-order chi connectivity index (χ1) is 23.0. The van der Waals surface area contributed by atoms with E-state index in [0.29, 0.717) is 47.2 Å². The molecule has 3 atom stereocenters. The van der Waals surface area contributed by atoms with Crippen LogP contribution in [0.15, 0.2) is 66.7 Å². The normalized spacial score (nSPS) is 19.1. The quantitative estimate of drug-likeness (QED) is 0.243. The molecule has 3 N–H and O–H groups in total. The Balaban J connectivity index is 1.40. The lowest BCUT2D eigenvalue weighted by atomic mass is 9.75. The molecule has 0 bridgehead atoms. The molecule has 1 fully saturated rings. The van der Waals surface area contributed by atoms with Crippen molar-refractivity contribution >= 4 is 56.8 Å². The molecule has 3 aromatic rings. The fourth-order valence-electron chi connectivity index (χ4n) is 7.12. The van der Waals surface area contributed by atoms with Gasteiger partial charge in [0.2, 0.25) is 21.8 Å². The van der Waals surface area contributed by atoms with Gasteiger partial charge in [-0.3, -0.25) is 19.2 Å². The number of carboxylic acid groups (broad SMARTS) is 1. The highest BCUT2D eigenvalue weighted by molar-refractivity contribution is 7.92. The minimum atomic E-state index is -3.48. The zero-order valence-corrected chi connectivity index (χ0v) is 30.3. The van der Waals surface area contributed by atoms with Gasteiger partial charge >= 0.3 is 6.09 Å². The fourth-order valence-corrected chi connectivity index (χ4v) is 8.02. The van der Waals surface area contributed by atoms with Crippen LogP contribution in [0.25, 0.3) is 0 Å². The van der Waals surface area contributed by atoms with Crippen molar-refractivity contribution in [3.05, 3.63) is 99.0 Å². The van der Waals surface area contributed by atoms with Gasteiger partial charge in [-0.05, 0) is 64.6 Å². The number of carbonyl (C=O) groups is 3. The molecule has 0 spiro atoms. The summed E-state index contributed by atoms with van der Waals surface area (Å²) in [5.41, 5.74) is 3.29. The summed E-state index contributed by atoms with van der Waals surface area (Å²) in [6.07, 6.45) is 1.35. The van der Waals surface area contributed by atoms with Gasteiger partial charge in [0.15, 0.2) is 0 Å². The number of hydrogen-bond donors (Lipinski definition) is 3. The molecular formula is C36H42Cl2N4O6S. The van der Waals surface area contributed by atoms with Crippen LogP contribution in [0.5, 0.6) is 0 Å². The predicted molar refractivity (Wildman–Crippen MR) is 192 cm³/mol. The highest BCUT2D eigenvalue weighted by atomic mass is 35.5. The highest BCUT2D eigenvalue weighted by Gasteiger charge is 2.46. The number of nitrogens with one attached hydrogen (secondary N) is 2. The molecule has 49 heavy (non-hydrogen) atoms. The molecule has 0 saturated carbocycles. The van der Waals surface area contributed by atoms with Crippen molar-refractivity contribution in [2.45, 2.75) is 70.5 Å². The summed E-state index contributed by atoms with van der Waals surface area (Å²) in [6, 6.07) is 17.2. The largest absolute Gasteiger partial charge is 0.465 e. The number of rotatable bonds is 8. The van der Waals surface area contributed by atoms with E-state index in [2.05, 4.69) is 10.0 Å². The Morgan fingerprint density at radius 3 is 2.18 bits per heavy atom. The van der Waals surface area contributed by atoms with Crippen LogP contribution in [0.2, 0.25) is 10.0 Å². The molecule has 1 saturated heterocycles. The Morgan fingerprint density at radius 1 is 0.939 bits per heavy atom. The fraction of sp³-hybridized carbons (Fsp3) is 0.417. The smallest absolute Gasteiger partial charge is 0.408 e. The SMILES string of the molecule is CC(C)(C)C1c2ccccc2C[C@@H](C(=O)N[C@H](Cc2ccc(Cl)c(Cl)c2)C(=O)N2CCC(c3ccccc3NS(C)(=O)=O)CC2)N1C(=O)O. The number of piperidine rings is 1. The molecular weight excluding hydrogens is 687 g/mol. The molecule has 0 radical (unpaired) electrons. The summed E-state index contributed by atoms with van der Waals surface area (Å²) in [5, 5.41) is 14.1. The van der Waals surface area contributed by atoms with E-state index in [1.54, 1.807) is 35.2 Å². The molecule has 3 aromatic carbocycles. The first-order valence-corrected chi connectivity index (χ1v) is 18.9. The van der Waals surface area contributed by atoms with Gasteiger partial charge in [0.1, 0.15) is 12.1 Å². The first-order valence-electron chi connectivity index (χ1n) is 16.2. The Labute approximate surface area is 297 Å². The molecule has 2 aliphatic rings. The van der Waals surface area contributed by atoms with Gasteiger partial charge in [0.05, 0.1) is 28.0 Å². The minimum absolute atomic E-state index is 0.0124. The third-order valence-electron chi connectivity index (χ3n) is 9.26. The van der Waals surface area contributed by atoms with Crippen molar-refractivity contribution in [2.75, 3.05) is 24.1 Å². The maximum absolute atomic E-state index is 14.2. The zero-order valence-electron chi connectivity index (χ0n) is 27.9. The summed E-state index contributed by atoms with van der Waals surface area (Å²) >= 11 is 12.5. The molecule has 3 amide bonds. The second kappa shape index (κ2) is 14.6. The van der Waals surface area contributed by atoms with E-state index in [9.17, 15) is 27.9 Å². The number of likely N-dealkylation sites (tertiary alicyclic amines) is 1. The molecule has 262 valence electrons. The van der Waals surface area contributed by atoms with Gasteiger partial charge in [0.25, 0.3) is 0 Å². The van der Waals surface area contributed by atoms with Gasteiger partial charge in [-0.2, -0.15) is 0 Å². The third kappa shape index (κ3) is 8.51. The average Bonchev–Trinajstić information content (AvgIpc) is 3.04. The zero-order chi connectivity index (χ0) is 35.7. The maximum atomic E-state index is 14.2. The maximum Gasteiger partial charge on any atom is 0.408 e. The summed E-state index contributed by atoms with van der Waals surface area (Å²) in [5.74, 6) is -0.843. The van der Waals surface area contributed by atoms with Crippen molar-refractivity contribution in [3.8, 4) is 0 Å². The summed E-state index contributed by atoms with van der Waals surface area (Å²) in [7, 11) is -3.48. The number of benzene rings is 3. The molecule has 5 rings (SSSR count). The number of sulfonamides is 1. The average molecular weight is 730 g/mol. The molecule has 10 nitrogen and oxygen atoms in total. The first kappa shape index (κ1) is 36.5. The molecule has 0 aromatic heterocycles. The number of hydrogen-bond acceptors (Lipinski definition) is 5. The molecule has 1 unspecified atom stereocenters. The van der Waals surface area contributed by atoms with Crippen LogP contribution in [0.1, 0.15) is 67.8 Å². The van der Waals surface area contributed by atoms with Crippen LogP contribution in [-0.2, 0) is 32.5 Å². The van der Waals surface area contributed by atoms with E-state index in [-0.39, 0.29) is 24.7 Å².